The number of rotatable bonds is 8. The second kappa shape index (κ2) is 9.18. The average Bonchev–Trinajstić information content (AvgIpc) is 2.78. The third kappa shape index (κ3) is 3.91. The van der Waals surface area contributed by atoms with Crippen molar-refractivity contribution in [3.63, 3.8) is 0 Å². The predicted molar refractivity (Wildman–Crippen MR) is 116 cm³/mol. The molecular formula is C24H22F2O5S. The van der Waals surface area contributed by atoms with Gasteiger partial charge < -0.3 is 4.74 Å². The Kier molecular flexibility index (Phi) is 6.76. The molecule has 0 spiro atoms. The van der Waals surface area contributed by atoms with Gasteiger partial charge in [0, 0.05) is 5.92 Å². The van der Waals surface area contributed by atoms with E-state index >= 15 is 8.78 Å². The largest absolute Gasteiger partial charge is 0.465 e. The molecule has 0 saturated heterocycles. The maximum Gasteiger partial charge on any atom is 0.390 e. The lowest BCUT2D eigenvalue weighted by molar-refractivity contribution is -0.162. The summed E-state index contributed by atoms with van der Waals surface area (Å²) in [5.74, 6) is -2.98. The van der Waals surface area contributed by atoms with Crippen LogP contribution >= 0.6 is 0 Å². The van der Waals surface area contributed by atoms with E-state index in [-0.39, 0.29) is 23.3 Å². The molecule has 0 heterocycles. The van der Waals surface area contributed by atoms with Gasteiger partial charge >= 0.3 is 21.3 Å². The van der Waals surface area contributed by atoms with Crippen LogP contribution in [0.15, 0.2) is 91.0 Å². The fourth-order valence-electron chi connectivity index (χ4n) is 3.99. The molecule has 1 N–H and O–H groups in total. The minimum absolute atomic E-state index is 0.249. The molecule has 0 amide bonds. The van der Waals surface area contributed by atoms with Crippen molar-refractivity contribution in [2.75, 3.05) is 6.61 Å². The Labute approximate surface area is 185 Å². The Hall–Kier alpha value is -3.10. The summed E-state index contributed by atoms with van der Waals surface area (Å²) >= 11 is 0. The minimum atomic E-state index is -6.07. The van der Waals surface area contributed by atoms with Crippen molar-refractivity contribution in [3.8, 4) is 0 Å². The summed E-state index contributed by atoms with van der Waals surface area (Å²) < 4.78 is 71.1. The molecule has 0 fully saturated rings. The van der Waals surface area contributed by atoms with Crippen LogP contribution in [0.1, 0.15) is 29.5 Å². The highest BCUT2D eigenvalue weighted by Gasteiger charge is 2.72. The van der Waals surface area contributed by atoms with Gasteiger partial charge in [-0.3, -0.25) is 9.35 Å². The van der Waals surface area contributed by atoms with Gasteiger partial charge in [-0.1, -0.05) is 91.0 Å². The van der Waals surface area contributed by atoms with Crippen molar-refractivity contribution < 1.29 is 31.3 Å². The normalized spacial score (nSPS) is 14.0. The number of esters is 1. The summed E-state index contributed by atoms with van der Waals surface area (Å²) in [6.07, 6.45) is 0. The molecule has 0 aliphatic carbocycles. The summed E-state index contributed by atoms with van der Waals surface area (Å²) in [7, 11) is -6.07. The summed E-state index contributed by atoms with van der Waals surface area (Å²) in [6.45, 7) is 1.16. The number of hydrogen-bond donors (Lipinski definition) is 1. The molecule has 5 nitrogen and oxygen atoms in total. The molecule has 0 radical (unpaired) electrons. The van der Waals surface area contributed by atoms with Crippen molar-refractivity contribution in [1.82, 2.24) is 0 Å². The van der Waals surface area contributed by atoms with Gasteiger partial charge in [-0.05, 0) is 23.6 Å². The monoisotopic (exact) mass is 460 g/mol. The molecule has 0 aliphatic rings. The van der Waals surface area contributed by atoms with Gasteiger partial charge in [0.15, 0.2) is 5.41 Å². The highest BCUT2D eigenvalue weighted by molar-refractivity contribution is 7.87. The smallest absolute Gasteiger partial charge is 0.390 e. The number of alkyl halides is 2. The molecule has 0 aliphatic heterocycles. The van der Waals surface area contributed by atoms with Crippen LogP contribution in [0.3, 0.4) is 0 Å². The first-order valence-electron chi connectivity index (χ1n) is 9.85. The average molecular weight is 460 g/mol. The number of hydrogen-bond acceptors (Lipinski definition) is 4. The van der Waals surface area contributed by atoms with E-state index in [2.05, 4.69) is 0 Å². The van der Waals surface area contributed by atoms with E-state index in [0.29, 0.717) is 0 Å². The number of carbonyl (C=O) groups excluding carboxylic acids is 1. The van der Waals surface area contributed by atoms with Gasteiger partial charge in [-0.15, -0.1) is 0 Å². The second-order valence-electron chi connectivity index (χ2n) is 7.14. The van der Waals surface area contributed by atoms with Gasteiger partial charge in [0.2, 0.25) is 0 Å². The quantitative estimate of drug-likeness (QED) is 0.386. The second-order valence-corrected chi connectivity index (χ2v) is 8.60. The van der Waals surface area contributed by atoms with Gasteiger partial charge in [0.1, 0.15) is 0 Å². The first kappa shape index (κ1) is 23.6. The molecule has 32 heavy (non-hydrogen) atoms. The van der Waals surface area contributed by atoms with E-state index in [1.807, 2.05) is 0 Å². The molecule has 0 saturated carbocycles. The zero-order valence-corrected chi connectivity index (χ0v) is 18.0. The van der Waals surface area contributed by atoms with Crippen LogP contribution in [0.25, 0.3) is 0 Å². The summed E-state index contributed by atoms with van der Waals surface area (Å²) in [4.78, 5) is 13.5. The van der Waals surface area contributed by atoms with E-state index in [0.717, 1.165) is 0 Å². The number of ether oxygens (including phenoxy) is 1. The Bertz CT molecular complexity index is 1110. The highest BCUT2D eigenvalue weighted by Crippen LogP contribution is 2.55. The molecule has 0 bridgehead atoms. The van der Waals surface area contributed by atoms with Gasteiger partial charge in [-0.25, -0.2) is 0 Å². The van der Waals surface area contributed by atoms with Crippen molar-refractivity contribution in [2.24, 2.45) is 0 Å². The maximum atomic E-state index is 16.0. The van der Waals surface area contributed by atoms with Crippen LogP contribution in [0.4, 0.5) is 8.78 Å². The lowest BCUT2D eigenvalue weighted by Gasteiger charge is -2.42. The van der Waals surface area contributed by atoms with Gasteiger partial charge in [0.25, 0.3) is 0 Å². The summed E-state index contributed by atoms with van der Waals surface area (Å²) in [5, 5.41) is -4.94. The standard InChI is InChI=1S/C24H22F2O5S/c1-2-31-22(27)23(20-16-10-5-11-17-20,24(25,26)32(28,29)30)21(18-12-6-3-7-13-18)19-14-8-4-9-15-19/h3-17,21H,2H2,1H3,(H,28,29,30). The molecule has 3 aromatic rings. The first-order valence-corrected chi connectivity index (χ1v) is 11.3. The van der Waals surface area contributed by atoms with Gasteiger partial charge in [0.05, 0.1) is 6.61 Å². The number of benzene rings is 3. The van der Waals surface area contributed by atoms with Crippen molar-refractivity contribution in [2.45, 2.75) is 23.5 Å². The molecule has 1 unspecified atom stereocenters. The van der Waals surface area contributed by atoms with Crippen molar-refractivity contribution >= 4 is 16.1 Å². The molecule has 168 valence electrons. The Morgan fingerprint density at radius 3 is 1.66 bits per heavy atom. The highest BCUT2D eigenvalue weighted by atomic mass is 32.2. The van der Waals surface area contributed by atoms with E-state index in [1.54, 1.807) is 42.5 Å². The number of carbonyl (C=O) groups is 1. The van der Waals surface area contributed by atoms with Crippen LogP contribution in [-0.2, 0) is 25.1 Å². The molecule has 3 rings (SSSR count). The predicted octanol–water partition coefficient (Wildman–Crippen LogP) is 4.80. The topological polar surface area (TPSA) is 80.7 Å². The van der Waals surface area contributed by atoms with Crippen LogP contribution in [0.2, 0.25) is 0 Å². The Morgan fingerprint density at radius 1 is 0.875 bits per heavy atom. The number of halogens is 2. The third-order valence-electron chi connectivity index (χ3n) is 5.31. The van der Waals surface area contributed by atoms with E-state index < -0.39 is 32.7 Å². The van der Waals surface area contributed by atoms with Gasteiger partial charge in [-0.2, -0.15) is 17.2 Å². The van der Waals surface area contributed by atoms with Crippen molar-refractivity contribution in [3.05, 3.63) is 108 Å². The molecule has 1 atom stereocenters. The first-order chi connectivity index (χ1) is 15.2. The zero-order chi connectivity index (χ0) is 23.4. The summed E-state index contributed by atoms with van der Waals surface area (Å²) in [6, 6.07) is 22.6. The van der Waals surface area contributed by atoms with E-state index in [9.17, 15) is 17.8 Å². The minimum Gasteiger partial charge on any atom is -0.465 e. The molecule has 0 aromatic heterocycles. The Balaban J connectivity index is 2.55. The van der Waals surface area contributed by atoms with Crippen LogP contribution in [0, 0.1) is 0 Å². The molecule has 3 aromatic carbocycles. The van der Waals surface area contributed by atoms with Crippen LogP contribution < -0.4 is 0 Å². The van der Waals surface area contributed by atoms with E-state index in [4.69, 9.17) is 4.74 Å². The Morgan fingerprint density at radius 2 is 1.28 bits per heavy atom. The van der Waals surface area contributed by atoms with E-state index in [1.165, 1.54) is 55.5 Å². The maximum absolute atomic E-state index is 16.0. The third-order valence-corrected chi connectivity index (χ3v) is 6.28. The fourth-order valence-corrected chi connectivity index (χ4v) is 4.72. The fraction of sp³-hybridized carbons (Fsp3) is 0.208. The molecule has 8 heteroatoms. The summed E-state index contributed by atoms with van der Waals surface area (Å²) in [5.41, 5.74) is -2.93. The van der Waals surface area contributed by atoms with Crippen molar-refractivity contribution in [1.29, 1.82) is 0 Å². The lowest BCUT2D eigenvalue weighted by Crippen LogP contribution is -2.59. The van der Waals surface area contributed by atoms with Crippen LogP contribution in [-0.4, -0.2) is 30.8 Å². The molecular weight excluding hydrogens is 438 g/mol. The SMILES string of the molecule is CCOC(=O)C(c1ccccc1)(C(c1ccccc1)c1ccccc1)C(F)(F)S(=O)(=O)O. The lowest BCUT2D eigenvalue weighted by atomic mass is 9.64. The van der Waals surface area contributed by atoms with Crippen LogP contribution in [0.5, 0.6) is 0 Å². The zero-order valence-electron chi connectivity index (χ0n) is 17.2.